The smallest absolute Gasteiger partial charge is 0.280 e. The monoisotopic (exact) mass is 598 g/mol. The van der Waals surface area contributed by atoms with E-state index in [4.69, 9.17) is 9.57 Å². The first-order chi connectivity index (χ1) is 21.4. The van der Waals surface area contributed by atoms with Crippen molar-refractivity contribution in [3.05, 3.63) is 87.6 Å². The van der Waals surface area contributed by atoms with Crippen molar-refractivity contribution in [2.45, 2.75) is 88.9 Å². The summed E-state index contributed by atoms with van der Waals surface area (Å²) in [5.74, 6) is 1.08. The molecule has 1 unspecified atom stereocenters. The fourth-order valence-electron chi connectivity index (χ4n) is 6.45. The zero-order valence-electron chi connectivity index (χ0n) is 24.9. The van der Waals surface area contributed by atoms with E-state index >= 15 is 0 Å². The maximum atomic E-state index is 14.3. The van der Waals surface area contributed by atoms with Crippen LogP contribution in [0.1, 0.15) is 80.3 Å². The van der Waals surface area contributed by atoms with Gasteiger partial charge in [0.1, 0.15) is 6.33 Å². The molecule has 230 valence electrons. The summed E-state index contributed by atoms with van der Waals surface area (Å²) in [7, 11) is 0. The van der Waals surface area contributed by atoms with Gasteiger partial charge in [0.05, 0.1) is 24.0 Å². The Kier molecular flexibility index (Phi) is 7.79. The first kappa shape index (κ1) is 28.8. The molecule has 0 radical (unpaired) electrons. The van der Waals surface area contributed by atoms with Gasteiger partial charge in [0.2, 0.25) is 5.78 Å². The molecule has 7 rings (SSSR count). The van der Waals surface area contributed by atoms with Crippen LogP contribution >= 0.6 is 0 Å². The van der Waals surface area contributed by atoms with Crippen molar-refractivity contribution in [1.82, 2.24) is 24.6 Å². The Morgan fingerprint density at radius 2 is 1.82 bits per heavy atom. The summed E-state index contributed by atoms with van der Waals surface area (Å²) in [4.78, 5) is 28.0. The number of aromatic nitrogens is 4. The van der Waals surface area contributed by atoms with Gasteiger partial charge >= 0.3 is 0 Å². The van der Waals surface area contributed by atoms with Crippen molar-refractivity contribution in [2.75, 3.05) is 6.61 Å². The number of hydrogen-bond acceptors (Lipinski definition) is 9. The predicted molar refractivity (Wildman–Crippen MR) is 164 cm³/mol. The molecule has 0 saturated heterocycles. The van der Waals surface area contributed by atoms with Crippen LogP contribution in [0.3, 0.4) is 0 Å². The molecule has 3 N–H and O–H groups in total. The minimum Gasteiger partial charge on any atom is -0.387 e. The van der Waals surface area contributed by atoms with Gasteiger partial charge in [0.25, 0.3) is 12.0 Å². The van der Waals surface area contributed by atoms with Crippen molar-refractivity contribution in [1.29, 1.82) is 0 Å². The van der Waals surface area contributed by atoms with Crippen molar-refractivity contribution in [2.24, 2.45) is 4.99 Å². The summed E-state index contributed by atoms with van der Waals surface area (Å²) < 4.78 is 9.76. The van der Waals surface area contributed by atoms with Gasteiger partial charge in [-0.3, -0.25) is 9.36 Å². The molecule has 2 aromatic heterocycles. The van der Waals surface area contributed by atoms with Crippen LogP contribution in [0.15, 0.2) is 64.6 Å². The van der Waals surface area contributed by atoms with Gasteiger partial charge < -0.3 is 14.9 Å². The number of ether oxygens (including phenoxy) is 1. The molecule has 11 heteroatoms. The average molecular weight is 599 g/mol. The first-order valence-corrected chi connectivity index (χ1v) is 15.6. The summed E-state index contributed by atoms with van der Waals surface area (Å²) >= 11 is 0. The molecule has 0 bridgehead atoms. The number of aliphatic hydroxyl groups excluding tert-OH is 1. The lowest BCUT2D eigenvalue weighted by molar-refractivity contribution is -0.102. The summed E-state index contributed by atoms with van der Waals surface area (Å²) in [6.07, 6.45) is 7.46. The number of rotatable bonds is 10. The summed E-state index contributed by atoms with van der Waals surface area (Å²) in [6, 6.07) is 16.0. The highest BCUT2D eigenvalue weighted by Crippen LogP contribution is 2.37. The average Bonchev–Trinajstić information content (AvgIpc) is 3.37. The Balaban J connectivity index is 1.17. The van der Waals surface area contributed by atoms with E-state index in [1.807, 2.05) is 45.5 Å². The van der Waals surface area contributed by atoms with E-state index in [0.29, 0.717) is 24.6 Å². The topological polar surface area (TPSA) is 136 Å². The van der Waals surface area contributed by atoms with Gasteiger partial charge in [-0.15, -0.1) is 0 Å². The molecule has 44 heavy (non-hydrogen) atoms. The van der Waals surface area contributed by atoms with Crippen molar-refractivity contribution >= 4 is 11.6 Å². The number of aliphatic hydroxyl groups is 2. The number of fused-ring (bicyclic) bond motifs is 1. The number of hydroxylamine groups is 1. The third-order valence-electron chi connectivity index (χ3n) is 9.07. The maximum absolute atomic E-state index is 14.3. The Labute approximate surface area is 255 Å². The molecular weight excluding hydrogens is 560 g/mol. The second kappa shape index (κ2) is 11.9. The van der Waals surface area contributed by atoms with Crippen molar-refractivity contribution in [3.8, 4) is 11.1 Å². The highest BCUT2D eigenvalue weighted by molar-refractivity contribution is 6.04. The van der Waals surface area contributed by atoms with Crippen LogP contribution in [-0.2, 0) is 22.4 Å². The van der Waals surface area contributed by atoms with E-state index in [1.54, 1.807) is 6.33 Å². The van der Waals surface area contributed by atoms with Gasteiger partial charge in [0, 0.05) is 23.6 Å². The third-order valence-corrected chi connectivity index (χ3v) is 9.07. The third kappa shape index (κ3) is 5.68. The highest BCUT2D eigenvalue weighted by atomic mass is 16.7. The fourth-order valence-corrected chi connectivity index (χ4v) is 6.45. The molecule has 2 aromatic carbocycles. The molecule has 0 amide bonds. The van der Waals surface area contributed by atoms with Crippen LogP contribution in [-0.4, -0.2) is 59.9 Å². The Bertz CT molecular complexity index is 1730. The quantitative estimate of drug-likeness (QED) is 0.252. The number of amidine groups is 1. The van der Waals surface area contributed by atoms with Crippen LogP contribution in [0, 0.1) is 0 Å². The zero-order chi connectivity index (χ0) is 30.3. The minimum absolute atomic E-state index is 0.00362. The fraction of sp³-hybridized carbons (Fsp3) is 0.455. The number of nitrogens with one attached hydrogen (secondary N) is 1. The van der Waals surface area contributed by atoms with Crippen LogP contribution in [0.5, 0.6) is 0 Å². The number of aryl methyl sites for hydroxylation is 1. The molecule has 2 aliphatic carbocycles. The summed E-state index contributed by atoms with van der Waals surface area (Å²) in [6.45, 7) is 2.51. The molecule has 3 heterocycles. The van der Waals surface area contributed by atoms with Gasteiger partial charge in [-0.2, -0.15) is 10.1 Å². The van der Waals surface area contributed by atoms with Crippen molar-refractivity contribution in [3.63, 3.8) is 0 Å². The lowest BCUT2D eigenvalue weighted by Crippen LogP contribution is -2.35. The van der Waals surface area contributed by atoms with E-state index in [2.05, 4.69) is 39.6 Å². The second-order valence-corrected chi connectivity index (χ2v) is 12.2. The molecule has 3 aliphatic rings. The molecule has 1 atom stereocenters. The van der Waals surface area contributed by atoms with Gasteiger partial charge in [-0.05, 0) is 61.6 Å². The molecular formula is C33H38N6O5. The number of hydrogen-bond donors (Lipinski definition) is 3. The van der Waals surface area contributed by atoms with Crippen LogP contribution in [0.25, 0.3) is 16.9 Å². The summed E-state index contributed by atoms with van der Waals surface area (Å²) in [5, 5.41) is 24.4. The largest absolute Gasteiger partial charge is 0.387 e. The SMILES string of the molecule is CCCc1c(Cc2ccc(-c3ccccc3C3=NC(O)ON3)cc2)c(=O)n(C2CCC(OCC3(O)CC3)CC2)c2ncnn12. The van der Waals surface area contributed by atoms with E-state index in [0.717, 1.165) is 84.9 Å². The minimum atomic E-state index is -1.23. The van der Waals surface area contributed by atoms with Crippen LogP contribution in [0.2, 0.25) is 0 Å². The molecule has 2 fully saturated rings. The number of benzene rings is 2. The van der Waals surface area contributed by atoms with Gasteiger partial charge in [-0.1, -0.05) is 61.9 Å². The van der Waals surface area contributed by atoms with E-state index in [9.17, 15) is 15.0 Å². The van der Waals surface area contributed by atoms with E-state index in [1.165, 1.54) is 0 Å². The van der Waals surface area contributed by atoms with Crippen LogP contribution in [0.4, 0.5) is 0 Å². The summed E-state index contributed by atoms with van der Waals surface area (Å²) in [5.41, 5.74) is 7.53. The first-order valence-electron chi connectivity index (χ1n) is 15.6. The Morgan fingerprint density at radius 3 is 2.50 bits per heavy atom. The molecule has 11 nitrogen and oxygen atoms in total. The number of aliphatic imine (C=N–C) groups is 1. The van der Waals surface area contributed by atoms with E-state index < -0.39 is 12.0 Å². The Morgan fingerprint density at radius 1 is 1.07 bits per heavy atom. The standard InChI is InChI=1S/C33H38N6O5/c1-2-5-28-27(18-21-8-10-22(11-9-21)25-6-3-4-7-26(25)29-36-32(41)44-37-29)30(40)38(31-34-20-35-39(28)31)23-12-14-24(15-13-23)43-19-33(42)16-17-33/h3-4,6-11,20,23-24,32,41-42H,2,5,12-19H2,1H3,(H,36,37). The number of nitrogens with zero attached hydrogens (tertiary/aromatic N) is 5. The van der Waals surface area contributed by atoms with Gasteiger partial charge in [0.15, 0.2) is 5.84 Å². The molecule has 1 aliphatic heterocycles. The van der Waals surface area contributed by atoms with Crippen molar-refractivity contribution < 1.29 is 19.8 Å². The van der Waals surface area contributed by atoms with Crippen LogP contribution < -0.4 is 11.0 Å². The predicted octanol–water partition coefficient (Wildman–Crippen LogP) is 3.68. The second-order valence-electron chi connectivity index (χ2n) is 12.2. The lowest BCUT2D eigenvalue weighted by Gasteiger charge is -2.31. The Hall–Kier alpha value is -3.90. The van der Waals surface area contributed by atoms with E-state index in [-0.39, 0.29) is 17.7 Å². The molecule has 0 spiro atoms. The molecule has 2 saturated carbocycles. The highest BCUT2D eigenvalue weighted by Gasteiger charge is 2.41. The maximum Gasteiger partial charge on any atom is 0.280 e. The normalized spacial score (nSPS) is 22.6. The zero-order valence-corrected chi connectivity index (χ0v) is 24.9. The lowest BCUT2D eigenvalue weighted by atomic mass is 9.92. The van der Waals surface area contributed by atoms with Gasteiger partial charge in [-0.25, -0.2) is 19.8 Å². The molecule has 4 aromatic rings.